The van der Waals surface area contributed by atoms with Crippen LogP contribution in [0.4, 0.5) is 0 Å². The Balaban J connectivity index is 1.92. The molecule has 2 saturated heterocycles. The van der Waals surface area contributed by atoms with Gasteiger partial charge < -0.3 is 9.47 Å². The summed E-state index contributed by atoms with van der Waals surface area (Å²) < 4.78 is 11.8. The molecule has 0 bridgehead atoms. The number of fused-ring (bicyclic) bond motifs is 1. The highest BCUT2D eigenvalue weighted by Gasteiger charge is 2.61. The normalized spacial score (nSPS) is 35.1. The SMILES string of the molecule is Brc1cnc([C@@]23CCOC[C@H]2O3)nc1. The lowest BCUT2D eigenvalue weighted by Gasteiger charge is -2.15. The third kappa shape index (κ3) is 1.20. The molecule has 2 aliphatic heterocycles. The number of rotatable bonds is 1. The van der Waals surface area contributed by atoms with Crippen LogP contribution in [-0.2, 0) is 15.1 Å². The van der Waals surface area contributed by atoms with Crippen LogP contribution in [-0.4, -0.2) is 29.3 Å². The monoisotopic (exact) mass is 256 g/mol. The fraction of sp³-hybridized carbons (Fsp3) is 0.556. The Morgan fingerprint density at radius 2 is 2.21 bits per heavy atom. The van der Waals surface area contributed by atoms with Crippen molar-refractivity contribution in [3.05, 3.63) is 22.7 Å². The fourth-order valence-electron chi connectivity index (χ4n) is 1.86. The largest absolute Gasteiger partial charge is 0.378 e. The Kier molecular flexibility index (Phi) is 1.87. The lowest BCUT2D eigenvalue weighted by atomic mass is 9.99. The van der Waals surface area contributed by atoms with Gasteiger partial charge in [-0.15, -0.1) is 0 Å². The summed E-state index contributed by atoms with van der Waals surface area (Å²) in [6.45, 7) is 1.40. The predicted octanol–water partition coefficient (Wildman–Crippen LogP) is 1.25. The topological polar surface area (TPSA) is 47.5 Å². The molecular formula is C9H9BrN2O2. The van der Waals surface area contributed by atoms with E-state index in [2.05, 4.69) is 25.9 Å². The van der Waals surface area contributed by atoms with Crippen molar-refractivity contribution in [1.82, 2.24) is 9.97 Å². The molecule has 2 atom stereocenters. The van der Waals surface area contributed by atoms with Crippen molar-refractivity contribution in [2.75, 3.05) is 13.2 Å². The number of aromatic nitrogens is 2. The van der Waals surface area contributed by atoms with Crippen molar-refractivity contribution in [2.45, 2.75) is 18.1 Å². The molecule has 0 unspecified atom stereocenters. The van der Waals surface area contributed by atoms with E-state index < -0.39 is 0 Å². The zero-order valence-electron chi connectivity index (χ0n) is 7.44. The van der Waals surface area contributed by atoms with Crippen molar-refractivity contribution in [1.29, 1.82) is 0 Å². The predicted molar refractivity (Wildman–Crippen MR) is 51.7 cm³/mol. The second-order valence-corrected chi connectivity index (χ2v) is 4.46. The average molecular weight is 257 g/mol. The van der Waals surface area contributed by atoms with E-state index in [1.165, 1.54) is 0 Å². The van der Waals surface area contributed by atoms with E-state index in [-0.39, 0.29) is 11.7 Å². The van der Waals surface area contributed by atoms with Crippen molar-refractivity contribution in [2.24, 2.45) is 0 Å². The summed E-state index contributed by atoms with van der Waals surface area (Å²) in [4.78, 5) is 8.55. The molecule has 0 saturated carbocycles. The first-order valence-corrected chi connectivity index (χ1v) is 5.34. The van der Waals surface area contributed by atoms with Gasteiger partial charge in [-0.3, -0.25) is 0 Å². The number of hydrogen-bond acceptors (Lipinski definition) is 4. The molecule has 2 aliphatic rings. The molecule has 0 N–H and O–H groups in total. The van der Waals surface area contributed by atoms with Crippen LogP contribution < -0.4 is 0 Å². The second-order valence-electron chi connectivity index (χ2n) is 3.55. The first kappa shape index (κ1) is 8.76. The smallest absolute Gasteiger partial charge is 0.163 e. The van der Waals surface area contributed by atoms with Crippen LogP contribution in [0.5, 0.6) is 0 Å². The molecule has 1 aromatic rings. The van der Waals surface area contributed by atoms with Crippen molar-refractivity contribution < 1.29 is 9.47 Å². The van der Waals surface area contributed by atoms with E-state index in [0.29, 0.717) is 6.61 Å². The van der Waals surface area contributed by atoms with Gasteiger partial charge in [-0.25, -0.2) is 9.97 Å². The Hall–Kier alpha value is -0.520. The van der Waals surface area contributed by atoms with Crippen LogP contribution in [0.2, 0.25) is 0 Å². The number of ether oxygens (including phenoxy) is 2. The maximum Gasteiger partial charge on any atom is 0.163 e. The van der Waals surface area contributed by atoms with Crippen LogP contribution >= 0.6 is 15.9 Å². The van der Waals surface area contributed by atoms with Crippen LogP contribution in [0.3, 0.4) is 0 Å². The van der Waals surface area contributed by atoms with E-state index >= 15 is 0 Å². The second kappa shape index (κ2) is 2.98. The van der Waals surface area contributed by atoms with Gasteiger partial charge in [0.25, 0.3) is 0 Å². The molecule has 5 heteroatoms. The Morgan fingerprint density at radius 1 is 1.43 bits per heavy atom. The van der Waals surface area contributed by atoms with Crippen LogP contribution in [0.1, 0.15) is 12.2 Å². The molecule has 4 nitrogen and oxygen atoms in total. The molecule has 2 fully saturated rings. The molecule has 0 spiro atoms. The van der Waals surface area contributed by atoms with E-state index in [0.717, 1.165) is 23.3 Å². The maximum absolute atomic E-state index is 5.63. The summed E-state index contributed by atoms with van der Waals surface area (Å²) in [5.41, 5.74) is -0.237. The number of halogens is 1. The zero-order chi connectivity index (χ0) is 9.60. The molecule has 0 radical (unpaired) electrons. The standard InChI is InChI=1S/C9H9BrN2O2/c10-6-3-11-8(12-4-6)9-1-2-13-5-7(9)14-9/h3-4,7H,1-2,5H2/t7-,9-/m1/s1. The fourth-order valence-corrected chi connectivity index (χ4v) is 2.07. The maximum atomic E-state index is 5.63. The minimum absolute atomic E-state index is 0.164. The van der Waals surface area contributed by atoms with Crippen molar-refractivity contribution in [3.63, 3.8) is 0 Å². The van der Waals surface area contributed by atoms with Gasteiger partial charge in [-0.2, -0.15) is 0 Å². The lowest BCUT2D eigenvalue weighted by Crippen LogP contribution is -2.26. The van der Waals surface area contributed by atoms with Crippen LogP contribution in [0, 0.1) is 0 Å². The zero-order valence-corrected chi connectivity index (χ0v) is 9.03. The molecular weight excluding hydrogens is 248 g/mol. The van der Waals surface area contributed by atoms with Gasteiger partial charge in [0.2, 0.25) is 0 Å². The van der Waals surface area contributed by atoms with Crippen LogP contribution in [0.15, 0.2) is 16.9 Å². The minimum Gasteiger partial charge on any atom is -0.378 e. The van der Waals surface area contributed by atoms with Gasteiger partial charge in [0.15, 0.2) is 11.4 Å². The van der Waals surface area contributed by atoms with E-state index in [1.54, 1.807) is 12.4 Å². The molecule has 0 amide bonds. The van der Waals surface area contributed by atoms with Crippen molar-refractivity contribution in [3.8, 4) is 0 Å². The summed E-state index contributed by atoms with van der Waals surface area (Å²) in [6, 6.07) is 0. The quantitative estimate of drug-likeness (QED) is 0.710. The van der Waals surface area contributed by atoms with Gasteiger partial charge in [0.1, 0.15) is 6.10 Å². The summed E-state index contributed by atoms with van der Waals surface area (Å²) in [5.74, 6) is 0.786. The lowest BCUT2D eigenvalue weighted by molar-refractivity contribution is 0.0958. The third-order valence-electron chi connectivity index (χ3n) is 2.70. The number of hydrogen-bond donors (Lipinski definition) is 0. The molecule has 1 aromatic heterocycles. The molecule has 3 rings (SSSR count). The highest BCUT2D eigenvalue weighted by Crippen LogP contribution is 2.49. The molecule has 0 aromatic carbocycles. The first-order chi connectivity index (χ1) is 6.81. The number of nitrogens with zero attached hydrogens (tertiary/aromatic N) is 2. The molecule has 74 valence electrons. The van der Waals surface area contributed by atoms with Gasteiger partial charge in [-0.1, -0.05) is 0 Å². The van der Waals surface area contributed by atoms with Crippen LogP contribution in [0.25, 0.3) is 0 Å². The molecule has 0 aliphatic carbocycles. The third-order valence-corrected chi connectivity index (χ3v) is 3.11. The summed E-state index contributed by atoms with van der Waals surface area (Å²) in [6.07, 6.45) is 4.54. The molecule has 14 heavy (non-hydrogen) atoms. The minimum atomic E-state index is -0.237. The Bertz CT molecular complexity index is 356. The summed E-state index contributed by atoms with van der Waals surface area (Å²) >= 11 is 3.31. The first-order valence-electron chi connectivity index (χ1n) is 4.55. The van der Waals surface area contributed by atoms with Gasteiger partial charge in [-0.05, 0) is 15.9 Å². The highest BCUT2D eigenvalue weighted by molar-refractivity contribution is 9.10. The van der Waals surface area contributed by atoms with Gasteiger partial charge >= 0.3 is 0 Å². The van der Waals surface area contributed by atoms with Gasteiger partial charge in [0, 0.05) is 18.8 Å². The summed E-state index contributed by atoms with van der Waals surface area (Å²) in [5, 5.41) is 0. The van der Waals surface area contributed by atoms with E-state index in [4.69, 9.17) is 9.47 Å². The Labute approximate surface area is 89.8 Å². The van der Waals surface area contributed by atoms with Gasteiger partial charge in [0.05, 0.1) is 17.7 Å². The van der Waals surface area contributed by atoms with Crippen molar-refractivity contribution >= 4 is 15.9 Å². The average Bonchev–Trinajstić information content (AvgIpc) is 2.94. The Morgan fingerprint density at radius 3 is 2.93 bits per heavy atom. The summed E-state index contributed by atoms with van der Waals surface area (Å²) in [7, 11) is 0. The number of epoxide rings is 1. The van der Waals surface area contributed by atoms with E-state index in [9.17, 15) is 0 Å². The van der Waals surface area contributed by atoms with E-state index in [1.807, 2.05) is 0 Å². The molecule has 3 heterocycles. The highest BCUT2D eigenvalue weighted by atomic mass is 79.9.